The molecule has 0 rings (SSSR count). The summed E-state index contributed by atoms with van der Waals surface area (Å²) in [6.07, 6.45) is 74.8. The summed E-state index contributed by atoms with van der Waals surface area (Å²) in [7, 11) is 5.99. The number of unbranched alkanes of at least 4 members (excludes halogenated alkanes) is 51. The Morgan fingerprint density at radius 1 is 0.358 bits per heavy atom. The molecule has 81 heavy (non-hydrogen) atoms. The maximum Gasteiger partial charge on any atom is 0.361 e. The molecule has 0 aliphatic rings. The summed E-state index contributed by atoms with van der Waals surface area (Å²) in [5.41, 5.74) is 0. The van der Waals surface area contributed by atoms with Crippen molar-refractivity contribution >= 4 is 17.9 Å². The number of carbonyl (C=O) groups excluding carboxylic acids is 2. The number of carbonyl (C=O) groups is 3. The van der Waals surface area contributed by atoms with Gasteiger partial charge in [0.05, 0.1) is 34.4 Å². The fourth-order valence-electron chi connectivity index (χ4n) is 11.0. The highest BCUT2D eigenvalue weighted by atomic mass is 16.7. The Labute approximate surface area is 504 Å². The minimum Gasteiger partial charge on any atom is -0.477 e. The molecule has 0 spiro atoms. The van der Waals surface area contributed by atoms with E-state index < -0.39 is 18.4 Å². The van der Waals surface area contributed by atoms with Crippen molar-refractivity contribution in [2.75, 3.05) is 47.5 Å². The third kappa shape index (κ3) is 65.4. The first-order valence-corrected chi connectivity index (χ1v) is 35.9. The second-order valence-corrected chi connectivity index (χ2v) is 25.9. The summed E-state index contributed by atoms with van der Waals surface area (Å²) >= 11 is 0. The summed E-state index contributed by atoms with van der Waals surface area (Å²) in [5, 5.41) is 9.75. The molecule has 9 nitrogen and oxygen atoms in total. The number of rotatable bonds is 68. The van der Waals surface area contributed by atoms with E-state index in [-0.39, 0.29) is 38.2 Å². The van der Waals surface area contributed by atoms with E-state index in [0.29, 0.717) is 17.4 Å². The minimum atomic E-state index is -1.51. The van der Waals surface area contributed by atoms with Gasteiger partial charge in [-0.25, -0.2) is 4.79 Å². The molecule has 0 radical (unpaired) electrons. The molecule has 0 aliphatic carbocycles. The molecule has 0 aromatic carbocycles. The molecule has 0 heterocycles. The van der Waals surface area contributed by atoms with Crippen LogP contribution in [0, 0.1) is 0 Å². The van der Waals surface area contributed by atoms with E-state index in [1.54, 1.807) is 0 Å². The van der Waals surface area contributed by atoms with Crippen LogP contribution in [-0.2, 0) is 33.3 Å². The number of carboxylic acids is 1. The number of hydrogen-bond acceptors (Lipinski definition) is 7. The number of aliphatic carboxylic acids is 1. The van der Waals surface area contributed by atoms with Gasteiger partial charge >= 0.3 is 17.9 Å². The molecule has 2 atom stereocenters. The van der Waals surface area contributed by atoms with E-state index >= 15 is 0 Å². The predicted octanol–water partition coefficient (Wildman–Crippen LogP) is 22.0. The fraction of sp³-hybridized carbons (Fsp3) is 0.931. The molecule has 0 saturated heterocycles. The molecule has 0 aromatic rings. The monoisotopic (exact) mass is 1150 g/mol. The number of hydrogen-bond donors (Lipinski definition) is 1. The van der Waals surface area contributed by atoms with Crippen molar-refractivity contribution in [2.24, 2.45) is 0 Å². The molecular formula is C72H140NO8+. The van der Waals surface area contributed by atoms with E-state index in [1.807, 2.05) is 21.1 Å². The molecule has 9 heteroatoms. The van der Waals surface area contributed by atoms with Gasteiger partial charge in [0, 0.05) is 12.8 Å². The van der Waals surface area contributed by atoms with Gasteiger partial charge in [0.2, 0.25) is 0 Å². The lowest BCUT2D eigenvalue weighted by atomic mass is 10.0. The van der Waals surface area contributed by atoms with E-state index in [1.165, 1.54) is 308 Å². The van der Waals surface area contributed by atoms with Crippen LogP contribution in [0.3, 0.4) is 0 Å². The zero-order valence-corrected chi connectivity index (χ0v) is 55.0. The van der Waals surface area contributed by atoms with Crippen molar-refractivity contribution in [3.8, 4) is 0 Å². The van der Waals surface area contributed by atoms with Crippen molar-refractivity contribution in [3.63, 3.8) is 0 Å². The number of carboxylic acid groups (broad SMARTS) is 1. The van der Waals surface area contributed by atoms with Gasteiger partial charge in [0.15, 0.2) is 6.10 Å². The van der Waals surface area contributed by atoms with Crippen LogP contribution < -0.4 is 0 Å². The number of nitrogens with zero attached hydrogens (tertiary/aromatic N) is 1. The lowest BCUT2D eigenvalue weighted by Gasteiger charge is -2.25. The Balaban J connectivity index is 4.04. The van der Waals surface area contributed by atoms with E-state index in [0.717, 1.165) is 38.5 Å². The van der Waals surface area contributed by atoms with Crippen molar-refractivity contribution in [2.45, 2.75) is 386 Å². The summed E-state index contributed by atoms with van der Waals surface area (Å²) < 4.78 is 23.0. The third-order valence-corrected chi connectivity index (χ3v) is 16.5. The maximum atomic E-state index is 12.9. The van der Waals surface area contributed by atoms with Crippen LogP contribution in [0.4, 0.5) is 0 Å². The summed E-state index contributed by atoms with van der Waals surface area (Å²) in [6.45, 7) is 4.96. The van der Waals surface area contributed by atoms with Crippen LogP contribution in [0.25, 0.3) is 0 Å². The minimum absolute atomic E-state index is 0.173. The lowest BCUT2D eigenvalue weighted by molar-refractivity contribution is -0.870. The molecule has 0 aromatic heterocycles. The van der Waals surface area contributed by atoms with Gasteiger partial charge in [-0.1, -0.05) is 334 Å². The first-order chi connectivity index (χ1) is 39.6. The summed E-state index contributed by atoms with van der Waals surface area (Å²) in [5.74, 6) is -1.97. The smallest absolute Gasteiger partial charge is 0.361 e. The highest BCUT2D eigenvalue weighted by molar-refractivity contribution is 5.71. The molecule has 0 fully saturated rings. The number of likely N-dealkylation sites (N-methyl/N-ethyl adjacent to an activating group) is 1. The Hall–Kier alpha value is -1.97. The van der Waals surface area contributed by atoms with Crippen molar-refractivity contribution in [3.05, 3.63) is 12.2 Å². The molecule has 0 aliphatic heterocycles. The second-order valence-electron chi connectivity index (χ2n) is 25.9. The summed E-state index contributed by atoms with van der Waals surface area (Å²) in [6, 6.07) is 0. The zero-order valence-electron chi connectivity index (χ0n) is 55.0. The van der Waals surface area contributed by atoms with E-state index in [9.17, 15) is 19.5 Å². The number of esters is 2. The first kappa shape index (κ1) is 79.0. The van der Waals surface area contributed by atoms with Gasteiger partial charge in [-0.3, -0.25) is 9.59 Å². The van der Waals surface area contributed by atoms with Crippen molar-refractivity contribution in [1.29, 1.82) is 0 Å². The number of quaternary nitrogens is 1. The molecule has 0 bridgehead atoms. The topological polar surface area (TPSA) is 108 Å². The molecule has 480 valence electrons. The fourth-order valence-corrected chi connectivity index (χ4v) is 11.0. The van der Waals surface area contributed by atoms with Gasteiger partial charge in [-0.05, 0) is 38.5 Å². The van der Waals surface area contributed by atoms with Crippen LogP contribution in [0.15, 0.2) is 12.2 Å². The second kappa shape index (κ2) is 64.0. The van der Waals surface area contributed by atoms with E-state index in [2.05, 4.69) is 26.0 Å². The van der Waals surface area contributed by atoms with Gasteiger partial charge in [-0.2, -0.15) is 0 Å². The third-order valence-electron chi connectivity index (χ3n) is 16.5. The summed E-state index contributed by atoms with van der Waals surface area (Å²) in [4.78, 5) is 37.6. The molecule has 0 saturated carbocycles. The lowest BCUT2D eigenvalue weighted by Crippen LogP contribution is -2.40. The average molecular weight is 1150 g/mol. The van der Waals surface area contributed by atoms with Gasteiger partial charge in [0.25, 0.3) is 6.29 Å². The molecular weight excluding hydrogens is 1010 g/mol. The Bertz CT molecular complexity index is 1330. The zero-order chi connectivity index (χ0) is 59.1. The van der Waals surface area contributed by atoms with Crippen LogP contribution in [0.5, 0.6) is 0 Å². The Morgan fingerprint density at radius 3 is 0.914 bits per heavy atom. The highest BCUT2D eigenvalue weighted by Crippen LogP contribution is 2.19. The van der Waals surface area contributed by atoms with Gasteiger partial charge in [0.1, 0.15) is 13.2 Å². The molecule has 0 amide bonds. The first-order valence-electron chi connectivity index (χ1n) is 35.9. The van der Waals surface area contributed by atoms with Crippen LogP contribution in [-0.4, -0.2) is 87.4 Å². The molecule has 1 N–H and O–H groups in total. The number of allylic oxidation sites excluding steroid dienone is 2. The maximum absolute atomic E-state index is 12.9. The van der Waals surface area contributed by atoms with Crippen LogP contribution in [0.2, 0.25) is 0 Å². The number of ether oxygens (including phenoxy) is 4. The molecule has 2 unspecified atom stereocenters. The Kier molecular flexibility index (Phi) is 62.5. The van der Waals surface area contributed by atoms with Crippen molar-refractivity contribution in [1.82, 2.24) is 0 Å². The van der Waals surface area contributed by atoms with E-state index in [4.69, 9.17) is 18.9 Å². The highest BCUT2D eigenvalue weighted by Gasteiger charge is 2.25. The SMILES string of the molecule is CCCCCCCCCC/C=C\CCCCCCCCCCCCCCCCCCCC(=O)OC(COC(=O)CCCCCCCCCCCCCCCCCCCCCCCCCCCCC)COC(OCC[N+](C)(C)C)C(=O)O. The van der Waals surface area contributed by atoms with Crippen LogP contribution >= 0.6 is 0 Å². The quantitative estimate of drug-likeness (QED) is 0.0211. The normalized spacial score (nSPS) is 12.7. The largest absolute Gasteiger partial charge is 0.477 e. The van der Waals surface area contributed by atoms with Crippen molar-refractivity contribution < 1.29 is 42.9 Å². The standard InChI is InChI=1S/C72H139NO8/c1-6-8-10-12-14-16-18-20-22-24-26-28-30-32-34-35-37-39-41-43-45-47-49-51-53-55-57-59-61-63-70(75)81-68(67-80-72(71(76)77)78-65-64-73(3,4)5)66-79-69(74)62-60-58-56-54-52-50-48-46-44-42-40-38-36-33-31-29-27-25-23-21-19-17-15-13-11-9-7-2/h24,26,68,72H,6-23,25,27-67H2,1-5H3/p+1/b26-24-. The predicted molar refractivity (Wildman–Crippen MR) is 346 cm³/mol. The van der Waals surface area contributed by atoms with Crippen LogP contribution in [0.1, 0.15) is 373 Å². The average Bonchev–Trinajstić information content (AvgIpc) is 3.44. The van der Waals surface area contributed by atoms with Gasteiger partial charge in [-0.15, -0.1) is 0 Å². The Morgan fingerprint density at radius 2 is 0.630 bits per heavy atom. The van der Waals surface area contributed by atoms with Gasteiger partial charge < -0.3 is 28.5 Å².